The zero-order chi connectivity index (χ0) is 27.1. The van der Waals surface area contributed by atoms with Crippen molar-refractivity contribution in [2.24, 2.45) is 18.1 Å². The molecule has 0 spiro atoms. The third-order valence-corrected chi connectivity index (χ3v) is 6.42. The Morgan fingerprint density at radius 1 is 1.19 bits per heavy atom. The Morgan fingerprint density at radius 3 is 2.46 bits per heavy atom. The number of oxime groups is 1. The second kappa shape index (κ2) is 9.98. The molecule has 0 fully saturated rings. The number of nitrogens with zero attached hydrogens (tertiary/aromatic N) is 4. The molecule has 2 aromatic carbocycles. The molecular formula is C25H24Cl2F3N5O2. The van der Waals surface area contributed by atoms with Gasteiger partial charge >= 0.3 is 6.18 Å². The van der Waals surface area contributed by atoms with Gasteiger partial charge < -0.3 is 4.84 Å². The van der Waals surface area contributed by atoms with E-state index in [1.165, 1.54) is 18.2 Å². The van der Waals surface area contributed by atoms with Crippen LogP contribution in [-0.2, 0) is 23.9 Å². The highest BCUT2D eigenvalue weighted by Crippen LogP contribution is 2.49. The number of hydrogen-bond acceptors (Lipinski definition) is 5. The van der Waals surface area contributed by atoms with Crippen molar-refractivity contribution >= 4 is 40.8 Å². The van der Waals surface area contributed by atoms with Crippen molar-refractivity contribution in [3.05, 3.63) is 74.5 Å². The van der Waals surface area contributed by atoms with Gasteiger partial charge in [0.25, 0.3) is 11.5 Å². The van der Waals surface area contributed by atoms with Gasteiger partial charge in [0, 0.05) is 41.1 Å². The van der Waals surface area contributed by atoms with E-state index in [0.29, 0.717) is 29.0 Å². The Hall–Kier alpha value is -3.11. The number of aryl methyl sites for hydroxylation is 2. The van der Waals surface area contributed by atoms with E-state index in [-0.39, 0.29) is 27.3 Å². The fourth-order valence-electron chi connectivity index (χ4n) is 4.12. The van der Waals surface area contributed by atoms with Crippen molar-refractivity contribution < 1.29 is 22.8 Å². The number of carbonyl (C=O) groups excluding carboxylic acids is 1. The van der Waals surface area contributed by atoms with E-state index in [1.807, 2.05) is 0 Å². The van der Waals surface area contributed by atoms with Crippen molar-refractivity contribution in [3.63, 3.8) is 0 Å². The lowest BCUT2D eigenvalue weighted by Gasteiger charge is -2.29. The zero-order valence-corrected chi connectivity index (χ0v) is 22.0. The van der Waals surface area contributed by atoms with Crippen molar-refractivity contribution in [1.29, 1.82) is 0 Å². The highest BCUT2D eigenvalue weighted by atomic mass is 35.5. The summed E-state index contributed by atoms with van der Waals surface area (Å²) >= 11 is 11.9. The van der Waals surface area contributed by atoms with Crippen molar-refractivity contribution in [2.45, 2.75) is 45.4 Å². The third kappa shape index (κ3) is 5.45. The summed E-state index contributed by atoms with van der Waals surface area (Å²) in [4.78, 5) is 22.3. The van der Waals surface area contributed by atoms with Crippen LogP contribution in [0.15, 0.2) is 41.6 Å². The number of nitrogens with one attached hydrogen (secondary N) is 1. The van der Waals surface area contributed by atoms with E-state index in [4.69, 9.17) is 28.0 Å². The van der Waals surface area contributed by atoms with E-state index in [9.17, 15) is 18.0 Å². The number of amides is 1. The first-order valence-electron chi connectivity index (χ1n) is 11.4. The van der Waals surface area contributed by atoms with E-state index < -0.39 is 24.1 Å². The highest BCUT2D eigenvalue weighted by molar-refractivity contribution is 6.34. The van der Waals surface area contributed by atoms with Crippen LogP contribution in [0.4, 0.5) is 19.1 Å². The van der Waals surface area contributed by atoms with Crippen LogP contribution >= 0.6 is 23.2 Å². The Balaban J connectivity index is 1.56. The molecule has 0 saturated heterocycles. The fourth-order valence-corrected chi connectivity index (χ4v) is 4.65. The van der Waals surface area contributed by atoms with Crippen molar-refractivity contribution in [1.82, 2.24) is 14.8 Å². The lowest BCUT2D eigenvalue weighted by molar-refractivity contribution is -0.275. The molecular weight excluding hydrogens is 530 g/mol. The molecule has 4 rings (SSSR count). The molecule has 0 aliphatic carbocycles. The molecule has 1 aliphatic rings. The largest absolute Gasteiger partial charge is 0.435 e. The van der Waals surface area contributed by atoms with Crippen LogP contribution in [0, 0.1) is 12.8 Å². The molecule has 0 bridgehead atoms. The van der Waals surface area contributed by atoms with Crippen LogP contribution in [0.25, 0.3) is 0 Å². The lowest BCUT2D eigenvalue weighted by Crippen LogP contribution is -2.42. The topological polar surface area (TPSA) is 81.4 Å². The molecule has 3 aromatic rings. The summed E-state index contributed by atoms with van der Waals surface area (Å²) in [5.74, 6) is 0.852. The molecule has 0 radical (unpaired) electrons. The molecule has 1 atom stereocenters. The molecule has 1 aliphatic heterocycles. The first kappa shape index (κ1) is 26.9. The highest BCUT2D eigenvalue weighted by Gasteiger charge is 2.62. The first-order valence-corrected chi connectivity index (χ1v) is 12.2. The number of benzene rings is 2. The van der Waals surface area contributed by atoms with E-state index in [1.54, 1.807) is 24.7 Å². The molecule has 37 heavy (non-hydrogen) atoms. The van der Waals surface area contributed by atoms with Crippen molar-refractivity contribution in [2.75, 3.05) is 5.32 Å². The summed E-state index contributed by atoms with van der Waals surface area (Å²) < 4.78 is 44.4. The van der Waals surface area contributed by atoms with Gasteiger partial charge in [0.15, 0.2) is 0 Å². The maximum atomic E-state index is 14.3. The van der Waals surface area contributed by atoms with Crippen LogP contribution < -0.4 is 5.32 Å². The third-order valence-electron chi connectivity index (χ3n) is 5.99. The van der Waals surface area contributed by atoms with Crippen LogP contribution in [0.1, 0.15) is 53.1 Å². The number of carbonyl (C=O) groups is 1. The molecule has 7 nitrogen and oxygen atoms in total. The monoisotopic (exact) mass is 553 g/mol. The fraction of sp³-hybridized carbons (Fsp3) is 0.360. The second-order valence-corrected chi connectivity index (χ2v) is 10.2. The Bertz CT molecular complexity index is 1370. The maximum Gasteiger partial charge on any atom is 0.435 e. The molecule has 12 heteroatoms. The number of anilines is 1. The Labute approximate surface area is 221 Å². The molecule has 1 aromatic heterocycles. The van der Waals surface area contributed by atoms with E-state index >= 15 is 0 Å². The van der Waals surface area contributed by atoms with Crippen LogP contribution in [-0.4, -0.2) is 32.6 Å². The zero-order valence-electron chi connectivity index (χ0n) is 20.5. The normalized spacial score (nSPS) is 17.6. The number of hydrogen-bond donors (Lipinski definition) is 1. The predicted octanol–water partition coefficient (Wildman–Crippen LogP) is 6.46. The smallest absolute Gasteiger partial charge is 0.374 e. The number of rotatable bonds is 6. The van der Waals surface area contributed by atoms with Gasteiger partial charge in [-0.25, -0.2) is 0 Å². The summed E-state index contributed by atoms with van der Waals surface area (Å²) in [6.07, 6.45) is -4.68. The summed E-state index contributed by atoms with van der Waals surface area (Å²) in [5.41, 5.74) is -1.66. The van der Waals surface area contributed by atoms with Gasteiger partial charge in [-0.05, 0) is 54.3 Å². The summed E-state index contributed by atoms with van der Waals surface area (Å²) in [6.45, 7) is 5.79. The van der Waals surface area contributed by atoms with Crippen LogP contribution in [0.2, 0.25) is 10.0 Å². The van der Waals surface area contributed by atoms with Gasteiger partial charge in [0.05, 0.1) is 5.71 Å². The van der Waals surface area contributed by atoms with Gasteiger partial charge in [-0.3, -0.25) is 14.8 Å². The summed E-state index contributed by atoms with van der Waals surface area (Å²) in [7, 11) is 1.75. The molecule has 1 amide bonds. The predicted molar refractivity (Wildman–Crippen MR) is 135 cm³/mol. The molecule has 1 N–H and O–H groups in total. The Kier molecular flexibility index (Phi) is 7.27. The second-order valence-electron chi connectivity index (χ2n) is 9.35. The standard InChI is InChI=1S/C25H24Cl2F3N5O2/c1-13(2)7-21-31-23(33-35(21)4)32-22(36)19-6-5-15(8-14(19)3)20-12-24(37-34-20,25(28,29)30)16-9-17(26)11-18(27)10-16/h5-6,8-11,13H,7,12H2,1-4H3,(H,32,33,36). The minimum Gasteiger partial charge on any atom is -0.374 e. The number of halogens is 5. The van der Waals surface area contributed by atoms with Crippen LogP contribution in [0.5, 0.6) is 0 Å². The molecule has 2 heterocycles. The Morgan fingerprint density at radius 2 is 1.86 bits per heavy atom. The SMILES string of the molecule is Cc1cc(C2=NOC(c3cc(Cl)cc(Cl)c3)(C(F)(F)F)C2)ccc1C(=O)Nc1nc(CC(C)C)n(C)n1. The van der Waals surface area contributed by atoms with Gasteiger partial charge in [0.1, 0.15) is 5.82 Å². The van der Waals surface area contributed by atoms with Gasteiger partial charge in [0.2, 0.25) is 5.95 Å². The molecule has 0 saturated carbocycles. The molecule has 1 unspecified atom stereocenters. The van der Waals surface area contributed by atoms with Crippen LogP contribution in [0.3, 0.4) is 0 Å². The average Bonchev–Trinajstić information content (AvgIpc) is 3.37. The minimum atomic E-state index is -4.80. The maximum absolute atomic E-state index is 14.3. The van der Waals surface area contributed by atoms with Crippen molar-refractivity contribution in [3.8, 4) is 0 Å². The average molecular weight is 554 g/mol. The van der Waals surface area contributed by atoms with Gasteiger partial charge in [-0.15, -0.1) is 5.10 Å². The number of aromatic nitrogens is 3. The number of alkyl halides is 3. The van der Waals surface area contributed by atoms with Gasteiger partial charge in [-0.2, -0.15) is 18.2 Å². The quantitative estimate of drug-likeness (QED) is 0.379. The van der Waals surface area contributed by atoms with E-state index in [0.717, 1.165) is 18.0 Å². The lowest BCUT2D eigenvalue weighted by atomic mass is 9.86. The van der Waals surface area contributed by atoms with Gasteiger partial charge in [-0.1, -0.05) is 48.3 Å². The van der Waals surface area contributed by atoms with E-state index in [2.05, 4.69) is 34.4 Å². The summed E-state index contributed by atoms with van der Waals surface area (Å²) in [6, 6.07) is 8.30. The summed E-state index contributed by atoms with van der Waals surface area (Å²) in [5, 5.41) is 10.8. The minimum absolute atomic E-state index is 0.0492. The molecule has 196 valence electrons. The first-order chi connectivity index (χ1) is 17.3.